The van der Waals surface area contributed by atoms with Gasteiger partial charge in [0.15, 0.2) is 0 Å². The molecule has 94 valence electrons. The lowest BCUT2D eigenvalue weighted by molar-refractivity contribution is -0.114. The number of benzene rings is 1. The van der Waals surface area contributed by atoms with Gasteiger partial charge in [0, 0.05) is 22.8 Å². The first-order valence-corrected chi connectivity index (χ1v) is 7.89. The topological polar surface area (TPSA) is 29.1 Å². The third kappa shape index (κ3) is 6.74. The first kappa shape index (κ1) is 14.6. The van der Waals surface area contributed by atoms with Crippen molar-refractivity contribution in [1.82, 2.24) is 0 Å². The Hall–Kier alpha value is -0.480. The third-order valence-electron chi connectivity index (χ3n) is 2.22. The van der Waals surface area contributed by atoms with E-state index in [1.165, 1.54) is 31.1 Å². The van der Waals surface area contributed by atoms with Crippen molar-refractivity contribution >= 4 is 39.3 Å². The van der Waals surface area contributed by atoms with E-state index >= 15 is 0 Å². The highest BCUT2D eigenvalue weighted by Crippen LogP contribution is 2.21. The van der Waals surface area contributed by atoms with Crippen LogP contribution >= 0.6 is 27.7 Å². The van der Waals surface area contributed by atoms with Gasteiger partial charge in [0.2, 0.25) is 5.91 Å². The molecule has 0 saturated heterocycles. The molecule has 0 heterocycles. The summed E-state index contributed by atoms with van der Waals surface area (Å²) in [5.74, 6) is 1.13. The number of thioether (sulfide) groups is 1. The molecule has 0 unspecified atom stereocenters. The molecule has 17 heavy (non-hydrogen) atoms. The third-order valence-corrected chi connectivity index (χ3v) is 3.88. The van der Waals surface area contributed by atoms with Crippen molar-refractivity contribution in [2.75, 3.05) is 16.4 Å². The highest BCUT2D eigenvalue weighted by molar-refractivity contribution is 9.09. The highest BCUT2D eigenvalue weighted by atomic mass is 79.9. The van der Waals surface area contributed by atoms with E-state index in [9.17, 15) is 4.79 Å². The molecule has 0 aliphatic heterocycles. The van der Waals surface area contributed by atoms with Gasteiger partial charge in [0.25, 0.3) is 0 Å². The molecule has 2 nitrogen and oxygen atoms in total. The fourth-order valence-electron chi connectivity index (χ4n) is 1.40. The monoisotopic (exact) mass is 315 g/mol. The molecule has 0 spiro atoms. The van der Waals surface area contributed by atoms with Crippen LogP contribution in [0.1, 0.15) is 26.2 Å². The fraction of sp³-hybridized carbons (Fsp3) is 0.462. The Bertz CT molecular complexity index is 340. The molecular formula is C13H18BrNOS. The standard InChI is InChI=1S/C13H18BrNOS/c1-11(16)15-12-5-7-13(8-6-12)17-10-4-2-3-9-14/h5-8H,2-4,9-10H2,1H3,(H,15,16). The second kappa shape index (κ2) is 8.59. The lowest BCUT2D eigenvalue weighted by atomic mass is 10.3. The molecular weight excluding hydrogens is 298 g/mol. The smallest absolute Gasteiger partial charge is 0.221 e. The second-order valence-corrected chi connectivity index (χ2v) is 5.76. The number of hydrogen-bond acceptors (Lipinski definition) is 2. The van der Waals surface area contributed by atoms with E-state index in [2.05, 4.69) is 33.4 Å². The van der Waals surface area contributed by atoms with Gasteiger partial charge in [-0.3, -0.25) is 4.79 Å². The van der Waals surface area contributed by atoms with E-state index in [-0.39, 0.29) is 5.91 Å². The molecule has 1 rings (SSSR count). The predicted octanol–water partition coefficient (Wildman–Crippen LogP) is 4.30. The number of amides is 1. The molecule has 0 aromatic heterocycles. The maximum absolute atomic E-state index is 10.9. The van der Waals surface area contributed by atoms with Gasteiger partial charge in [0.05, 0.1) is 0 Å². The molecule has 0 saturated carbocycles. The molecule has 1 aromatic rings. The van der Waals surface area contributed by atoms with Crippen LogP contribution in [0.4, 0.5) is 5.69 Å². The molecule has 0 fully saturated rings. The van der Waals surface area contributed by atoms with Gasteiger partial charge in [-0.25, -0.2) is 0 Å². The van der Waals surface area contributed by atoms with Gasteiger partial charge in [-0.15, -0.1) is 11.8 Å². The van der Waals surface area contributed by atoms with Gasteiger partial charge < -0.3 is 5.32 Å². The Morgan fingerprint density at radius 1 is 1.24 bits per heavy atom. The van der Waals surface area contributed by atoms with Crippen LogP contribution in [0.25, 0.3) is 0 Å². The summed E-state index contributed by atoms with van der Waals surface area (Å²) in [5.41, 5.74) is 0.862. The average molecular weight is 316 g/mol. The lowest BCUT2D eigenvalue weighted by Crippen LogP contribution is -2.05. The number of halogens is 1. The van der Waals surface area contributed by atoms with Gasteiger partial charge in [0.1, 0.15) is 0 Å². The molecule has 1 aromatic carbocycles. The fourth-order valence-corrected chi connectivity index (χ4v) is 2.71. The zero-order valence-corrected chi connectivity index (χ0v) is 12.4. The van der Waals surface area contributed by atoms with Crippen LogP contribution in [0.15, 0.2) is 29.2 Å². The van der Waals surface area contributed by atoms with Crippen LogP contribution in [-0.4, -0.2) is 17.0 Å². The van der Waals surface area contributed by atoms with E-state index in [4.69, 9.17) is 0 Å². The van der Waals surface area contributed by atoms with Crippen LogP contribution in [0.2, 0.25) is 0 Å². The first-order chi connectivity index (χ1) is 8.22. The van der Waals surface area contributed by atoms with E-state index in [0.29, 0.717) is 0 Å². The number of alkyl halides is 1. The van der Waals surface area contributed by atoms with E-state index in [1.807, 2.05) is 23.9 Å². The van der Waals surface area contributed by atoms with E-state index < -0.39 is 0 Å². The zero-order valence-electron chi connectivity index (χ0n) is 10.0. The van der Waals surface area contributed by atoms with Crippen molar-refractivity contribution in [3.63, 3.8) is 0 Å². The van der Waals surface area contributed by atoms with Crippen molar-refractivity contribution in [3.05, 3.63) is 24.3 Å². The molecule has 0 aliphatic rings. The summed E-state index contributed by atoms with van der Waals surface area (Å²) in [6.07, 6.45) is 3.79. The Labute approximate surface area is 116 Å². The van der Waals surface area contributed by atoms with E-state index in [1.54, 1.807) is 0 Å². The van der Waals surface area contributed by atoms with Crippen molar-refractivity contribution < 1.29 is 4.79 Å². The number of carbonyl (C=O) groups excluding carboxylic acids is 1. The molecule has 1 amide bonds. The van der Waals surface area contributed by atoms with Crippen LogP contribution in [0, 0.1) is 0 Å². The molecule has 0 radical (unpaired) electrons. The molecule has 0 atom stereocenters. The molecule has 0 aliphatic carbocycles. The van der Waals surface area contributed by atoms with Crippen molar-refractivity contribution in [3.8, 4) is 0 Å². The number of nitrogens with one attached hydrogen (secondary N) is 1. The Balaban J connectivity index is 2.28. The maximum atomic E-state index is 10.9. The Morgan fingerprint density at radius 2 is 1.94 bits per heavy atom. The van der Waals surface area contributed by atoms with Crippen LogP contribution in [-0.2, 0) is 4.79 Å². The summed E-state index contributed by atoms with van der Waals surface area (Å²) >= 11 is 5.30. The highest BCUT2D eigenvalue weighted by Gasteiger charge is 1.97. The normalized spacial score (nSPS) is 10.2. The maximum Gasteiger partial charge on any atom is 0.221 e. The first-order valence-electron chi connectivity index (χ1n) is 5.79. The van der Waals surface area contributed by atoms with Crippen LogP contribution in [0.5, 0.6) is 0 Å². The minimum absolute atomic E-state index is 0.0276. The number of unbranched alkanes of at least 4 members (excludes halogenated alkanes) is 2. The van der Waals surface area contributed by atoms with Gasteiger partial charge in [-0.05, 0) is 42.9 Å². The van der Waals surface area contributed by atoms with Crippen LogP contribution in [0.3, 0.4) is 0 Å². The summed E-state index contributed by atoms with van der Waals surface area (Å²) in [7, 11) is 0. The largest absolute Gasteiger partial charge is 0.326 e. The van der Waals surface area contributed by atoms with Crippen molar-refractivity contribution in [1.29, 1.82) is 0 Å². The van der Waals surface area contributed by atoms with Gasteiger partial charge in [-0.2, -0.15) is 0 Å². The average Bonchev–Trinajstić information content (AvgIpc) is 2.30. The number of carbonyl (C=O) groups is 1. The quantitative estimate of drug-likeness (QED) is 0.461. The summed E-state index contributed by atoms with van der Waals surface area (Å²) < 4.78 is 0. The summed E-state index contributed by atoms with van der Waals surface area (Å²) in [4.78, 5) is 12.1. The SMILES string of the molecule is CC(=O)Nc1ccc(SCCCCCBr)cc1. The lowest BCUT2D eigenvalue weighted by Gasteiger charge is -2.04. The van der Waals surface area contributed by atoms with E-state index in [0.717, 1.165) is 16.8 Å². The van der Waals surface area contributed by atoms with Crippen LogP contribution < -0.4 is 5.32 Å². The Morgan fingerprint density at radius 3 is 2.53 bits per heavy atom. The number of anilines is 1. The molecule has 1 N–H and O–H groups in total. The Kier molecular flexibility index (Phi) is 7.37. The summed E-state index contributed by atoms with van der Waals surface area (Å²) in [5, 5.41) is 3.86. The summed E-state index contributed by atoms with van der Waals surface area (Å²) in [6.45, 7) is 1.52. The minimum Gasteiger partial charge on any atom is -0.326 e. The zero-order chi connectivity index (χ0) is 12.5. The second-order valence-electron chi connectivity index (χ2n) is 3.80. The molecule has 0 bridgehead atoms. The summed E-state index contributed by atoms with van der Waals surface area (Å²) in [6, 6.07) is 8.01. The number of hydrogen-bond donors (Lipinski definition) is 1. The van der Waals surface area contributed by atoms with Crippen molar-refractivity contribution in [2.24, 2.45) is 0 Å². The number of rotatable bonds is 7. The minimum atomic E-state index is -0.0276. The van der Waals surface area contributed by atoms with Crippen molar-refractivity contribution in [2.45, 2.75) is 31.1 Å². The molecule has 4 heteroatoms. The van der Waals surface area contributed by atoms with Gasteiger partial charge in [-0.1, -0.05) is 22.4 Å². The van der Waals surface area contributed by atoms with Gasteiger partial charge >= 0.3 is 0 Å². The predicted molar refractivity (Wildman–Crippen MR) is 79.1 cm³/mol.